The molecule has 4 aromatic heterocycles. The average Bonchev–Trinajstić information content (AvgIpc) is 3.38. The molecule has 0 aromatic carbocycles. The molecular weight excluding hydrogens is 418 g/mol. The van der Waals surface area contributed by atoms with Crippen LogP contribution in [0.3, 0.4) is 0 Å². The molecule has 0 N–H and O–H groups in total. The largest absolute Gasteiger partial charge is 0.470 e. The summed E-state index contributed by atoms with van der Waals surface area (Å²) >= 11 is 0. The highest BCUT2D eigenvalue weighted by atomic mass is 19.3. The average molecular weight is 438 g/mol. The van der Waals surface area contributed by atoms with Crippen LogP contribution in [-0.4, -0.2) is 40.0 Å². The Morgan fingerprint density at radius 2 is 1.91 bits per heavy atom. The van der Waals surface area contributed by atoms with Gasteiger partial charge in [-0.05, 0) is 37.5 Å². The summed E-state index contributed by atoms with van der Waals surface area (Å²) in [5.41, 5.74) is 3.01. The van der Waals surface area contributed by atoms with E-state index in [-0.39, 0.29) is 12.2 Å². The third kappa shape index (κ3) is 3.93. The van der Waals surface area contributed by atoms with E-state index >= 15 is 0 Å². The highest BCUT2D eigenvalue weighted by Crippen LogP contribution is 2.32. The quantitative estimate of drug-likeness (QED) is 0.433. The van der Waals surface area contributed by atoms with E-state index < -0.39 is 6.43 Å². The van der Waals surface area contributed by atoms with Crippen LogP contribution in [0.25, 0.3) is 22.6 Å². The number of aromatic nitrogens is 8. The van der Waals surface area contributed by atoms with Crippen molar-refractivity contribution in [3.8, 4) is 28.5 Å². The number of hydrogen-bond donors (Lipinski definition) is 0. The first-order valence-electron chi connectivity index (χ1n) is 10.2. The molecule has 1 aliphatic carbocycles. The van der Waals surface area contributed by atoms with Crippen LogP contribution in [0.1, 0.15) is 43.0 Å². The molecule has 0 bridgehead atoms. The molecule has 0 spiro atoms. The van der Waals surface area contributed by atoms with Gasteiger partial charge in [-0.1, -0.05) is 5.21 Å². The van der Waals surface area contributed by atoms with E-state index in [1.807, 2.05) is 16.9 Å². The summed E-state index contributed by atoms with van der Waals surface area (Å²) in [6, 6.07) is 6.87. The lowest BCUT2D eigenvalue weighted by atomic mass is 9.93. The molecule has 1 saturated carbocycles. The zero-order valence-electron chi connectivity index (χ0n) is 17.3. The number of aryl methyl sites for hydroxylation is 1. The molecule has 4 aromatic rings. The Morgan fingerprint density at radius 3 is 2.56 bits per heavy atom. The molecule has 0 atom stereocenters. The fourth-order valence-electron chi connectivity index (χ4n) is 3.43. The molecule has 164 valence electrons. The first kappa shape index (κ1) is 20.2. The van der Waals surface area contributed by atoms with Gasteiger partial charge in [0.2, 0.25) is 5.88 Å². The van der Waals surface area contributed by atoms with Gasteiger partial charge in [0.1, 0.15) is 18.0 Å². The van der Waals surface area contributed by atoms with Crippen LogP contribution in [0.2, 0.25) is 0 Å². The molecule has 5 rings (SSSR count). The standard InChI is InChI=1S/C21H20F2N8O/c1-30-18(20(28-29-30)17-6-5-13(9-24-17)21(22)23)12-32-19-8-7-16(26-27-19)14-10-25-31(11-14)15-3-2-4-15/h5-11,15,21H,2-4,12H2,1H3. The van der Waals surface area contributed by atoms with Crippen molar-refractivity contribution in [3.63, 3.8) is 0 Å². The Labute approximate surface area is 182 Å². The van der Waals surface area contributed by atoms with Gasteiger partial charge < -0.3 is 4.74 Å². The Bertz CT molecular complexity index is 1200. The maximum Gasteiger partial charge on any atom is 0.265 e. The lowest BCUT2D eigenvalue weighted by Gasteiger charge is -2.25. The monoisotopic (exact) mass is 438 g/mol. The summed E-state index contributed by atoms with van der Waals surface area (Å²) in [4.78, 5) is 4.08. The van der Waals surface area contributed by atoms with Gasteiger partial charge in [0.05, 0.1) is 23.6 Å². The summed E-state index contributed by atoms with van der Waals surface area (Å²) in [6.07, 6.45) is 5.92. The van der Waals surface area contributed by atoms with Gasteiger partial charge in [-0.3, -0.25) is 9.67 Å². The Morgan fingerprint density at radius 1 is 1.06 bits per heavy atom. The highest BCUT2D eigenvalue weighted by Gasteiger charge is 2.20. The van der Waals surface area contributed by atoms with Crippen molar-refractivity contribution in [3.05, 3.63) is 54.1 Å². The number of hydrogen-bond acceptors (Lipinski definition) is 7. The van der Waals surface area contributed by atoms with Crippen LogP contribution in [0.5, 0.6) is 5.88 Å². The minimum absolute atomic E-state index is 0.116. The first-order chi connectivity index (χ1) is 15.6. The third-order valence-corrected chi connectivity index (χ3v) is 5.57. The van der Waals surface area contributed by atoms with Crippen LogP contribution >= 0.6 is 0 Å². The maximum atomic E-state index is 12.8. The van der Waals surface area contributed by atoms with Crippen molar-refractivity contribution >= 4 is 0 Å². The molecule has 32 heavy (non-hydrogen) atoms. The molecule has 9 nitrogen and oxygen atoms in total. The summed E-state index contributed by atoms with van der Waals surface area (Å²) in [5, 5.41) is 20.9. The van der Waals surface area contributed by atoms with Gasteiger partial charge in [0.25, 0.3) is 6.43 Å². The minimum Gasteiger partial charge on any atom is -0.470 e. The highest BCUT2D eigenvalue weighted by molar-refractivity contribution is 5.57. The first-order valence-corrected chi connectivity index (χ1v) is 10.2. The zero-order chi connectivity index (χ0) is 22.1. The molecule has 0 aliphatic heterocycles. The maximum absolute atomic E-state index is 12.8. The van der Waals surface area contributed by atoms with Crippen LogP contribution in [0.15, 0.2) is 42.9 Å². The van der Waals surface area contributed by atoms with Crippen LogP contribution in [0, 0.1) is 0 Å². The van der Waals surface area contributed by atoms with Gasteiger partial charge >= 0.3 is 0 Å². The Kier molecular flexibility index (Phi) is 5.29. The second kappa shape index (κ2) is 8.40. The predicted molar refractivity (Wildman–Crippen MR) is 110 cm³/mol. The van der Waals surface area contributed by atoms with Crippen LogP contribution < -0.4 is 4.74 Å². The fourth-order valence-corrected chi connectivity index (χ4v) is 3.43. The van der Waals surface area contributed by atoms with Crippen molar-refractivity contribution < 1.29 is 13.5 Å². The van der Waals surface area contributed by atoms with E-state index in [0.29, 0.717) is 34.7 Å². The van der Waals surface area contributed by atoms with Gasteiger partial charge in [0, 0.05) is 36.6 Å². The van der Waals surface area contributed by atoms with Crippen molar-refractivity contribution in [2.45, 2.75) is 38.3 Å². The molecule has 1 aliphatic rings. The molecule has 0 saturated heterocycles. The van der Waals surface area contributed by atoms with E-state index in [1.165, 1.54) is 18.6 Å². The normalized spacial score (nSPS) is 14.0. The van der Waals surface area contributed by atoms with Gasteiger partial charge in [0.15, 0.2) is 0 Å². The Hall–Kier alpha value is -3.76. The second-order valence-electron chi connectivity index (χ2n) is 7.63. The number of pyridine rings is 1. The molecule has 0 amide bonds. The van der Waals surface area contributed by atoms with E-state index in [2.05, 4.69) is 30.6 Å². The van der Waals surface area contributed by atoms with Crippen molar-refractivity contribution in [1.29, 1.82) is 0 Å². The fraction of sp³-hybridized carbons (Fsp3) is 0.333. The van der Waals surface area contributed by atoms with Crippen LogP contribution in [-0.2, 0) is 13.7 Å². The van der Waals surface area contributed by atoms with E-state index in [0.717, 1.165) is 24.6 Å². The van der Waals surface area contributed by atoms with Gasteiger partial charge in [-0.2, -0.15) is 5.10 Å². The van der Waals surface area contributed by atoms with E-state index in [4.69, 9.17) is 4.74 Å². The van der Waals surface area contributed by atoms with E-state index in [1.54, 1.807) is 24.0 Å². The van der Waals surface area contributed by atoms with E-state index in [9.17, 15) is 8.78 Å². The van der Waals surface area contributed by atoms with Crippen molar-refractivity contribution in [2.24, 2.45) is 7.05 Å². The smallest absolute Gasteiger partial charge is 0.265 e. The van der Waals surface area contributed by atoms with Crippen molar-refractivity contribution in [2.75, 3.05) is 0 Å². The lowest BCUT2D eigenvalue weighted by molar-refractivity contribution is 0.151. The number of nitrogens with zero attached hydrogens (tertiary/aromatic N) is 8. The third-order valence-electron chi connectivity index (χ3n) is 5.57. The summed E-state index contributed by atoms with van der Waals surface area (Å²) in [5.74, 6) is 0.341. The topological polar surface area (TPSA) is 96.4 Å². The summed E-state index contributed by atoms with van der Waals surface area (Å²) in [6.45, 7) is 0.116. The number of alkyl halides is 2. The van der Waals surface area contributed by atoms with Gasteiger partial charge in [-0.15, -0.1) is 15.3 Å². The molecule has 0 radical (unpaired) electrons. The predicted octanol–water partition coefficient (Wildman–Crippen LogP) is 3.77. The second-order valence-corrected chi connectivity index (χ2v) is 7.63. The SMILES string of the molecule is Cn1nnc(-c2ccc(C(F)F)cn2)c1COc1ccc(-c2cnn(C3CCC3)c2)nn1. The van der Waals surface area contributed by atoms with Crippen LogP contribution in [0.4, 0.5) is 8.78 Å². The molecule has 0 unspecified atom stereocenters. The molecular formula is C21H20F2N8O. The zero-order valence-corrected chi connectivity index (χ0v) is 17.3. The number of rotatable bonds is 7. The number of halogens is 2. The van der Waals surface area contributed by atoms with Crippen molar-refractivity contribution in [1.82, 2.24) is 40.0 Å². The molecule has 1 fully saturated rings. The lowest BCUT2D eigenvalue weighted by Crippen LogP contribution is -2.16. The minimum atomic E-state index is -2.57. The molecule has 4 heterocycles. The number of ether oxygens (including phenoxy) is 1. The summed E-state index contributed by atoms with van der Waals surface area (Å²) < 4.78 is 34.9. The molecule has 11 heteroatoms. The Balaban J connectivity index is 1.28. The van der Waals surface area contributed by atoms with Gasteiger partial charge in [-0.25, -0.2) is 13.5 Å². The summed E-state index contributed by atoms with van der Waals surface area (Å²) in [7, 11) is 1.72.